The van der Waals surface area contributed by atoms with Crippen LogP contribution >= 0.6 is 11.3 Å². The second-order valence-corrected chi connectivity index (χ2v) is 8.01. The molecule has 0 radical (unpaired) electrons. The van der Waals surface area contributed by atoms with E-state index in [1.807, 2.05) is 19.1 Å². The van der Waals surface area contributed by atoms with Crippen molar-refractivity contribution >= 4 is 17.2 Å². The van der Waals surface area contributed by atoms with Gasteiger partial charge < -0.3 is 15.2 Å². The predicted molar refractivity (Wildman–Crippen MR) is 112 cm³/mol. The molecule has 4 rings (SSSR count). The van der Waals surface area contributed by atoms with Crippen LogP contribution in [-0.4, -0.2) is 29.3 Å². The lowest BCUT2D eigenvalue weighted by Crippen LogP contribution is -2.19. The minimum atomic E-state index is 0.245. The van der Waals surface area contributed by atoms with E-state index in [9.17, 15) is 5.11 Å². The van der Waals surface area contributed by atoms with Gasteiger partial charge in [0, 0.05) is 23.6 Å². The van der Waals surface area contributed by atoms with Gasteiger partial charge in [0.25, 0.3) is 0 Å². The number of aromatic nitrogens is 1. The number of nitrogens with zero attached hydrogens (tertiary/aromatic N) is 1. The molecule has 0 saturated carbocycles. The van der Waals surface area contributed by atoms with Gasteiger partial charge in [-0.1, -0.05) is 11.6 Å². The number of phenolic OH excluding ortho intramolecular Hbond substituents is 1. The van der Waals surface area contributed by atoms with Crippen LogP contribution in [0.25, 0.3) is 21.7 Å². The molecular formula is C22H24N2O2S. The molecule has 27 heavy (non-hydrogen) atoms. The Balaban J connectivity index is 1.74. The predicted octanol–water partition coefficient (Wildman–Crippen LogP) is 5.39. The van der Waals surface area contributed by atoms with Crippen LogP contribution in [0.15, 0.2) is 41.8 Å². The number of benzene rings is 1. The average Bonchev–Trinajstić information content (AvgIpc) is 3.33. The summed E-state index contributed by atoms with van der Waals surface area (Å²) in [5.41, 5.74) is 4.98. The number of nitrogens with one attached hydrogen (secondary N) is 1. The second-order valence-electron chi connectivity index (χ2n) is 7.10. The Morgan fingerprint density at radius 3 is 2.85 bits per heavy atom. The fourth-order valence-electron chi connectivity index (χ4n) is 3.44. The Kier molecular flexibility index (Phi) is 5.14. The zero-order valence-electron chi connectivity index (χ0n) is 15.7. The second kappa shape index (κ2) is 7.71. The zero-order chi connectivity index (χ0) is 18.8. The minimum Gasteiger partial charge on any atom is -0.507 e. The molecular weight excluding hydrogens is 356 g/mol. The van der Waals surface area contributed by atoms with E-state index in [2.05, 4.69) is 35.8 Å². The van der Waals surface area contributed by atoms with Crippen LogP contribution in [0.3, 0.4) is 0 Å². The maximum absolute atomic E-state index is 10.4. The number of phenols is 1. The first-order valence-corrected chi connectivity index (χ1v) is 10.2. The minimum absolute atomic E-state index is 0.245. The number of aromatic hydroxyl groups is 1. The molecule has 0 bridgehead atoms. The highest BCUT2D eigenvalue weighted by molar-refractivity contribution is 7.13. The summed E-state index contributed by atoms with van der Waals surface area (Å²) >= 11 is 1.72. The van der Waals surface area contributed by atoms with Crippen LogP contribution in [-0.2, 0) is 4.74 Å². The summed E-state index contributed by atoms with van der Waals surface area (Å²) < 4.78 is 5.72. The Morgan fingerprint density at radius 1 is 1.22 bits per heavy atom. The third-order valence-corrected chi connectivity index (χ3v) is 5.98. The number of rotatable bonds is 5. The molecule has 5 heteroatoms. The molecule has 3 aromatic rings. The molecule has 0 spiro atoms. The van der Waals surface area contributed by atoms with Crippen molar-refractivity contribution in [2.45, 2.75) is 32.8 Å². The summed E-state index contributed by atoms with van der Waals surface area (Å²) in [6, 6.07) is 11.9. The van der Waals surface area contributed by atoms with Gasteiger partial charge in [0.15, 0.2) is 0 Å². The van der Waals surface area contributed by atoms with E-state index in [1.165, 1.54) is 10.4 Å². The number of hydrogen-bond acceptors (Lipinski definition) is 5. The van der Waals surface area contributed by atoms with Crippen molar-refractivity contribution in [3.8, 4) is 27.4 Å². The molecule has 2 N–H and O–H groups in total. The first-order chi connectivity index (χ1) is 13.1. The molecule has 1 aliphatic rings. The highest BCUT2D eigenvalue weighted by atomic mass is 32.1. The molecule has 1 aromatic carbocycles. The smallest absolute Gasteiger partial charge is 0.127 e. The van der Waals surface area contributed by atoms with E-state index >= 15 is 0 Å². The Bertz CT molecular complexity index is 945. The van der Waals surface area contributed by atoms with Crippen LogP contribution in [0.1, 0.15) is 24.0 Å². The normalized spacial score (nSPS) is 16.6. The number of pyridine rings is 1. The molecule has 0 aliphatic carbocycles. The molecule has 0 amide bonds. The van der Waals surface area contributed by atoms with Crippen LogP contribution < -0.4 is 5.32 Å². The molecule has 3 heterocycles. The first-order valence-electron chi connectivity index (χ1n) is 9.32. The molecule has 1 aliphatic heterocycles. The lowest BCUT2D eigenvalue weighted by Gasteiger charge is -2.14. The summed E-state index contributed by atoms with van der Waals surface area (Å²) in [4.78, 5) is 6.01. The van der Waals surface area contributed by atoms with Gasteiger partial charge in [-0.2, -0.15) is 0 Å². The molecule has 1 atom stereocenters. The third kappa shape index (κ3) is 3.99. The maximum Gasteiger partial charge on any atom is 0.127 e. The molecule has 140 valence electrons. The number of ether oxygens (including phenoxy) is 1. The summed E-state index contributed by atoms with van der Waals surface area (Å²) in [5, 5.41) is 15.9. The summed E-state index contributed by atoms with van der Waals surface area (Å²) in [5.74, 6) is 1.06. The van der Waals surface area contributed by atoms with Crippen molar-refractivity contribution in [2.24, 2.45) is 0 Å². The van der Waals surface area contributed by atoms with E-state index in [-0.39, 0.29) is 11.9 Å². The number of aryl methyl sites for hydroxylation is 2. The highest BCUT2D eigenvalue weighted by Gasteiger charge is 2.17. The molecule has 1 unspecified atom stereocenters. The monoisotopic (exact) mass is 380 g/mol. The molecule has 1 fully saturated rings. The van der Waals surface area contributed by atoms with Crippen molar-refractivity contribution in [3.05, 3.63) is 52.9 Å². The van der Waals surface area contributed by atoms with E-state index in [0.717, 1.165) is 54.2 Å². The first kappa shape index (κ1) is 18.0. The van der Waals surface area contributed by atoms with Gasteiger partial charge in [-0.15, -0.1) is 11.3 Å². The van der Waals surface area contributed by atoms with Crippen LogP contribution in [0, 0.1) is 13.8 Å². The number of thiophene rings is 1. The average molecular weight is 381 g/mol. The lowest BCUT2D eigenvalue weighted by atomic mass is 10.0. The van der Waals surface area contributed by atoms with Gasteiger partial charge in [0.05, 0.1) is 11.8 Å². The van der Waals surface area contributed by atoms with Crippen LogP contribution in [0.2, 0.25) is 0 Å². The van der Waals surface area contributed by atoms with Crippen LogP contribution in [0.4, 0.5) is 5.82 Å². The van der Waals surface area contributed by atoms with Gasteiger partial charge in [-0.3, -0.25) is 0 Å². The van der Waals surface area contributed by atoms with Gasteiger partial charge >= 0.3 is 0 Å². The fraction of sp³-hybridized carbons (Fsp3) is 0.318. The van der Waals surface area contributed by atoms with Crippen molar-refractivity contribution < 1.29 is 9.84 Å². The Morgan fingerprint density at radius 2 is 2.11 bits per heavy atom. The summed E-state index contributed by atoms with van der Waals surface area (Å²) in [6.07, 6.45) is 2.45. The summed E-state index contributed by atoms with van der Waals surface area (Å²) in [6.45, 7) is 5.73. The summed E-state index contributed by atoms with van der Waals surface area (Å²) in [7, 11) is 0. The molecule has 4 nitrogen and oxygen atoms in total. The van der Waals surface area contributed by atoms with Crippen molar-refractivity contribution in [2.75, 3.05) is 18.5 Å². The van der Waals surface area contributed by atoms with Crippen LogP contribution in [0.5, 0.6) is 5.75 Å². The number of anilines is 1. The standard InChI is InChI=1S/C22H24N2O2S/c1-14-5-6-20(25)18(10-14)19-11-16(22-15(2)7-9-27-22)12-21(24-19)23-13-17-4-3-8-26-17/h5-7,9-12,17,25H,3-4,8,13H2,1-2H3,(H,23,24). The van der Waals surface area contributed by atoms with E-state index in [1.54, 1.807) is 17.4 Å². The highest BCUT2D eigenvalue weighted by Crippen LogP contribution is 2.36. The van der Waals surface area contributed by atoms with Crippen molar-refractivity contribution in [1.82, 2.24) is 4.98 Å². The molecule has 1 saturated heterocycles. The van der Waals surface area contributed by atoms with Gasteiger partial charge in [-0.25, -0.2) is 4.98 Å². The lowest BCUT2D eigenvalue weighted by molar-refractivity contribution is 0.120. The maximum atomic E-state index is 10.4. The SMILES string of the molecule is Cc1ccc(O)c(-c2cc(-c3sccc3C)cc(NCC3CCCO3)n2)c1. The zero-order valence-corrected chi connectivity index (χ0v) is 16.5. The van der Waals surface area contributed by atoms with Gasteiger partial charge in [0.2, 0.25) is 0 Å². The van der Waals surface area contributed by atoms with Gasteiger partial charge in [0.1, 0.15) is 11.6 Å². The quantitative estimate of drug-likeness (QED) is 0.623. The topological polar surface area (TPSA) is 54.4 Å². The Labute approximate surface area is 163 Å². The van der Waals surface area contributed by atoms with E-state index in [4.69, 9.17) is 9.72 Å². The van der Waals surface area contributed by atoms with Crippen molar-refractivity contribution in [1.29, 1.82) is 0 Å². The third-order valence-electron chi connectivity index (χ3n) is 4.91. The van der Waals surface area contributed by atoms with E-state index in [0.29, 0.717) is 0 Å². The fourth-order valence-corrected chi connectivity index (χ4v) is 4.35. The van der Waals surface area contributed by atoms with Gasteiger partial charge in [-0.05, 0) is 73.5 Å². The van der Waals surface area contributed by atoms with E-state index < -0.39 is 0 Å². The molecule has 2 aromatic heterocycles. The number of hydrogen-bond donors (Lipinski definition) is 2. The Hall–Kier alpha value is -2.37. The largest absolute Gasteiger partial charge is 0.507 e. The van der Waals surface area contributed by atoms with Crippen molar-refractivity contribution in [3.63, 3.8) is 0 Å².